The zero-order chi connectivity index (χ0) is 12.3. The Morgan fingerprint density at radius 1 is 1.00 bits per heavy atom. The molecule has 0 saturated heterocycles. The molecule has 0 fully saturated rings. The lowest BCUT2D eigenvalue weighted by Gasteiger charge is -2.01. The fourth-order valence-corrected chi connectivity index (χ4v) is 2.40. The molecule has 5 heteroatoms. The SMILES string of the molecule is [O-][N+](=Nc1ccc(Br)cc1Br)c1ccccc1. The Morgan fingerprint density at radius 3 is 2.35 bits per heavy atom. The largest absolute Gasteiger partial charge is 0.594 e. The lowest BCUT2D eigenvalue weighted by molar-refractivity contribution is -0.435. The number of nitrogens with zero attached hydrogens (tertiary/aromatic N) is 2. The van der Waals surface area contributed by atoms with Crippen LogP contribution in [0.25, 0.3) is 0 Å². The van der Waals surface area contributed by atoms with E-state index in [4.69, 9.17) is 0 Å². The molecule has 0 aliphatic carbocycles. The normalized spacial score (nSPS) is 11.5. The van der Waals surface area contributed by atoms with Crippen LogP contribution in [0.4, 0.5) is 11.4 Å². The Labute approximate surface area is 116 Å². The monoisotopic (exact) mass is 354 g/mol. The zero-order valence-corrected chi connectivity index (χ0v) is 11.8. The van der Waals surface area contributed by atoms with Gasteiger partial charge in [0.15, 0.2) is 0 Å². The fraction of sp³-hybridized carbons (Fsp3) is 0. The van der Waals surface area contributed by atoms with Gasteiger partial charge in [-0.05, 0) is 34.1 Å². The van der Waals surface area contributed by atoms with Gasteiger partial charge >= 0.3 is 0 Å². The van der Waals surface area contributed by atoms with Crippen LogP contribution in [0.2, 0.25) is 0 Å². The van der Waals surface area contributed by atoms with Gasteiger partial charge in [-0.3, -0.25) is 0 Å². The van der Waals surface area contributed by atoms with E-state index in [-0.39, 0.29) is 0 Å². The first-order valence-corrected chi connectivity index (χ1v) is 6.44. The van der Waals surface area contributed by atoms with Crippen molar-refractivity contribution in [2.24, 2.45) is 5.11 Å². The number of rotatable bonds is 2. The van der Waals surface area contributed by atoms with Gasteiger partial charge in [0.25, 0.3) is 0 Å². The van der Waals surface area contributed by atoms with Crippen LogP contribution in [0.1, 0.15) is 0 Å². The van der Waals surface area contributed by atoms with E-state index < -0.39 is 0 Å². The van der Waals surface area contributed by atoms with Crippen LogP contribution < -0.4 is 0 Å². The quantitative estimate of drug-likeness (QED) is 0.417. The van der Waals surface area contributed by atoms with Gasteiger partial charge in [0.2, 0.25) is 5.69 Å². The average molecular weight is 356 g/mol. The van der Waals surface area contributed by atoms with Crippen LogP contribution >= 0.6 is 31.9 Å². The number of azo groups is 1. The third kappa shape index (κ3) is 3.14. The predicted molar refractivity (Wildman–Crippen MR) is 73.7 cm³/mol. The second-order valence-corrected chi connectivity index (χ2v) is 5.07. The first-order valence-electron chi connectivity index (χ1n) is 4.86. The van der Waals surface area contributed by atoms with E-state index in [1.165, 1.54) is 0 Å². The number of para-hydroxylation sites is 1. The molecule has 0 aromatic heterocycles. The Morgan fingerprint density at radius 2 is 1.71 bits per heavy atom. The van der Waals surface area contributed by atoms with Gasteiger partial charge in [0.1, 0.15) is 5.69 Å². The van der Waals surface area contributed by atoms with Crippen LogP contribution in [0.5, 0.6) is 0 Å². The lowest BCUT2D eigenvalue weighted by Crippen LogP contribution is -1.89. The van der Waals surface area contributed by atoms with Crippen molar-refractivity contribution in [1.82, 2.24) is 0 Å². The standard InChI is InChI=1S/C12H8Br2N2O/c13-9-6-7-12(11(14)8-9)15-16(17)10-4-2-1-3-5-10/h1-8H. The summed E-state index contributed by atoms with van der Waals surface area (Å²) < 4.78 is 1.70. The molecule has 2 rings (SSSR count). The molecule has 0 saturated carbocycles. The maximum Gasteiger partial charge on any atom is 0.244 e. The average Bonchev–Trinajstić information content (AvgIpc) is 2.34. The van der Waals surface area contributed by atoms with Crippen LogP contribution in [0, 0.1) is 5.21 Å². The van der Waals surface area contributed by atoms with Gasteiger partial charge in [-0.15, -0.1) is 0 Å². The number of benzene rings is 2. The molecule has 86 valence electrons. The molecule has 0 N–H and O–H groups in total. The van der Waals surface area contributed by atoms with Crippen molar-refractivity contribution in [1.29, 1.82) is 0 Å². The molecule has 0 spiro atoms. The second-order valence-electron chi connectivity index (χ2n) is 3.30. The van der Waals surface area contributed by atoms with Crippen molar-refractivity contribution in [3.05, 3.63) is 62.7 Å². The van der Waals surface area contributed by atoms with E-state index in [9.17, 15) is 5.21 Å². The molecule has 0 unspecified atom stereocenters. The van der Waals surface area contributed by atoms with E-state index in [0.717, 1.165) is 8.95 Å². The highest BCUT2D eigenvalue weighted by molar-refractivity contribution is 9.11. The van der Waals surface area contributed by atoms with Crippen molar-refractivity contribution in [2.75, 3.05) is 0 Å². The fourth-order valence-electron chi connectivity index (χ4n) is 1.27. The first kappa shape index (κ1) is 12.3. The van der Waals surface area contributed by atoms with E-state index in [1.54, 1.807) is 30.3 Å². The molecule has 2 aromatic carbocycles. The van der Waals surface area contributed by atoms with Gasteiger partial charge in [-0.2, -0.15) is 0 Å². The van der Waals surface area contributed by atoms with Gasteiger partial charge < -0.3 is 5.21 Å². The minimum Gasteiger partial charge on any atom is -0.594 e. The van der Waals surface area contributed by atoms with Crippen LogP contribution in [-0.4, -0.2) is 4.86 Å². The van der Waals surface area contributed by atoms with Crippen LogP contribution in [0.15, 0.2) is 62.6 Å². The number of halogens is 2. The molecular weight excluding hydrogens is 348 g/mol. The van der Waals surface area contributed by atoms with Gasteiger partial charge in [-0.1, -0.05) is 39.0 Å². The summed E-state index contributed by atoms with van der Waals surface area (Å²) in [5, 5.41) is 15.7. The summed E-state index contributed by atoms with van der Waals surface area (Å²) in [7, 11) is 0. The van der Waals surface area contributed by atoms with Crippen molar-refractivity contribution in [2.45, 2.75) is 0 Å². The molecule has 0 aliphatic heterocycles. The molecule has 3 nitrogen and oxygen atoms in total. The molecule has 0 aliphatic rings. The smallest absolute Gasteiger partial charge is 0.244 e. The molecule has 2 aromatic rings. The molecular formula is C12H8Br2N2O. The van der Waals surface area contributed by atoms with Crippen LogP contribution in [0.3, 0.4) is 0 Å². The Kier molecular flexibility index (Phi) is 3.91. The number of hydrogen-bond donors (Lipinski definition) is 0. The summed E-state index contributed by atoms with van der Waals surface area (Å²) in [5.41, 5.74) is 1.09. The van der Waals surface area contributed by atoms with Crippen molar-refractivity contribution < 1.29 is 4.86 Å². The summed E-state index contributed by atoms with van der Waals surface area (Å²) >= 11 is 6.70. The summed E-state index contributed by atoms with van der Waals surface area (Å²) in [4.78, 5) is 0.605. The Balaban J connectivity index is 2.36. The Bertz CT molecular complexity index is 556. The maximum atomic E-state index is 11.8. The molecule has 17 heavy (non-hydrogen) atoms. The van der Waals surface area contributed by atoms with E-state index in [2.05, 4.69) is 37.0 Å². The summed E-state index contributed by atoms with van der Waals surface area (Å²) in [6.07, 6.45) is 0. The molecule has 0 atom stereocenters. The van der Waals surface area contributed by atoms with Gasteiger partial charge in [-0.25, -0.2) is 0 Å². The Hall–Kier alpha value is -1.20. The highest BCUT2D eigenvalue weighted by Crippen LogP contribution is 2.29. The highest BCUT2D eigenvalue weighted by atomic mass is 79.9. The van der Waals surface area contributed by atoms with Crippen molar-refractivity contribution >= 4 is 43.2 Å². The zero-order valence-electron chi connectivity index (χ0n) is 8.68. The highest BCUT2D eigenvalue weighted by Gasteiger charge is 2.05. The second kappa shape index (κ2) is 5.42. The summed E-state index contributed by atoms with van der Waals surface area (Å²) in [6, 6.07) is 14.3. The molecule has 0 heterocycles. The van der Waals surface area contributed by atoms with Crippen molar-refractivity contribution in [3.8, 4) is 0 Å². The van der Waals surface area contributed by atoms with E-state index >= 15 is 0 Å². The van der Waals surface area contributed by atoms with Gasteiger partial charge in [0.05, 0.1) is 4.47 Å². The third-order valence-electron chi connectivity index (χ3n) is 2.09. The van der Waals surface area contributed by atoms with Crippen LogP contribution in [-0.2, 0) is 0 Å². The maximum absolute atomic E-state index is 11.8. The van der Waals surface area contributed by atoms with E-state index in [1.807, 2.05) is 18.2 Å². The summed E-state index contributed by atoms with van der Waals surface area (Å²) in [6.45, 7) is 0. The topological polar surface area (TPSA) is 38.4 Å². The predicted octanol–water partition coefficient (Wildman–Crippen LogP) is 5.14. The molecule has 0 bridgehead atoms. The van der Waals surface area contributed by atoms with Gasteiger partial charge in [0, 0.05) is 21.7 Å². The van der Waals surface area contributed by atoms with E-state index in [0.29, 0.717) is 16.2 Å². The first-order chi connectivity index (χ1) is 8.16. The minimum atomic E-state index is 0.502. The molecule has 0 radical (unpaired) electrons. The molecule has 0 amide bonds. The number of hydrogen-bond acceptors (Lipinski definition) is 2. The lowest BCUT2D eigenvalue weighted by atomic mass is 10.3. The van der Waals surface area contributed by atoms with Crippen molar-refractivity contribution in [3.63, 3.8) is 0 Å². The summed E-state index contributed by atoms with van der Waals surface area (Å²) in [5.74, 6) is 0. The minimum absolute atomic E-state index is 0.502. The third-order valence-corrected chi connectivity index (χ3v) is 3.21.